The Balaban J connectivity index is 2.96. The molecule has 0 bridgehead atoms. The fourth-order valence-corrected chi connectivity index (χ4v) is 1.60. The molecule has 1 aromatic rings. The van der Waals surface area contributed by atoms with Gasteiger partial charge in [-0.05, 0) is 6.92 Å². The van der Waals surface area contributed by atoms with Crippen LogP contribution in [0, 0.1) is 0 Å². The molecule has 1 rings (SSSR count). The zero-order valence-electron chi connectivity index (χ0n) is 8.19. The van der Waals surface area contributed by atoms with E-state index in [1.807, 2.05) is 0 Å². The van der Waals surface area contributed by atoms with E-state index in [1.54, 1.807) is 20.2 Å². The molecular weight excluding hydrogens is 204 g/mol. The predicted molar refractivity (Wildman–Crippen MR) is 54.2 cm³/mol. The van der Waals surface area contributed by atoms with E-state index in [9.17, 15) is 8.42 Å². The first-order valence-corrected chi connectivity index (χ1v) is 5.87. The van der Waals surface area contributed by atoms with Crippen LogP contribution < -0.4 is 10.5 Å². The molecule has 0 fully saturated rings. The standard InChI is InChI=1S/C7H14N4O2S/c1-3-14(12,13)10-7-6(4-8)5-11(2)9-7/h5H,3-4,8H2,1-2H3,(H,9,10). The highest BCUT2D eigenvalue weighted by atomic mass is 32.2. The number of nitrogens with two attached hydrogens (primary N) is 1. The Hall–Kier alpha value is -1.08. The lowest BCUT2D eigenvalue weighted by atomic mass is 10.3. The first-order valence-electron chi connectivity index (χ1n) is 4.21. The highest BCUT2D eigenvalue weighted by Gasteiger charge is 2.12. The molecule has 0 saturated heterocycles. The summed E-state index contributed by atoms with van der Waals surface area (Å²) in [6, 6.07) is 0. The molecule has 0 aliphatic carbocycles. The Morgan fingerprint density at radius 1 is 1.64 bits per heavy atom. The number of aryl methyl sites for hydroxylation is 1. The third-order valence-corrected chi connectivity index (χ3v) is 3.02. The molecule has 0 amide bonds. The van der Waals surface area contributed by atoms with Gasteiger partial charge in [-0.15, -0.1) is 0 Å². The second-order valence-corrected chi connectivity index (χ2v) is 4.90. The lowest BCUT2D eigenvalue weighted by Gasteiger charge is -2.03. The minimum Gasteiger partial charge on any atom is -0.326 e. The smallest absolute Gasteiger partial charge is 0.233 e. The van der Waals surface area contributed by atoms with Gasteiger partial charge in [0.25, 0.3) is 0 Å². The van der Waals surface area contributed by atoms with E-state index in [-0.39, 0.29) is 12.3 Å². The molecule has 14 heavy (non-hydrogen) atoms. The highest BCUT2D eigenvalue weighted by Crippen LogP contribution is 2.12. The molecule has 1 aromatic heterocycles. The van der Waals surface area contributed by atoms with Crippen LogP contribution in [0.4, 0.5) is 5.82 Å². The van der Waals surface area contributed by atoms with E-state index in [0.29, 0.717) is 11.4 Å². The van der Waals surface area contributed by atoms with Crippen LogP contribution in [0.2, 0.25) is 0 Å². The third-order valence-electron chi connectivity index (χ3n) is 1.76. The van der Waals surface area contributed by atoms with Gasteiger partial charge in [-0.3, -0.25) is 9.40 Å². The summed E-state index contributed by atoms with van der Waals surface area (Å²) in [5, 5.41) is 3.96. The Morgan fingerprint density at radius 3 is 2.79 bits per heavy atom. The molecular formula is C7H14N4O2S. The van der Waals surface area contributed by atoms with E-state index in [0.717, 1.165) is 0 Å². The number of nitrogens with zero attached hydrogens (tertiary/aromatic N) is 2. The lowest BCUT2D eigenvalue weighted by Crippen LogP contribution is -2.16. The van der Waals surface area contributed by atoms with E-state index < -0.39 is 10.0 Å². The molecule has 0 radical (unpaired) electrons. The van der Waals surface area contributed by atoms with Crippen molar-refractivity contribution < 1.29 is 8.42 Å². The Morgan fingerprint density at radius 2 is 2.29 bits per heavy atom. The summed E-state index contributed by atoms with van der Waals surface area (Å²) in [5.41, 5.74) is 6.12. The Kier molecular flexibility index (Phi) is 3.12. The van der Waals surface area contributed by atoms with Gasteiger partial charge < -0.3 is 5.73 Å². The van der Waals surface area contributed by atoms with Crippen LogP contribution in [-0.2, 0) is 23.6 Å². The van der Waals surface area contributed by atoms with Crippen molar-refractivity contribution in [3.63, 3.8) is 0 Å². The van der Waals surface area contributed by atoms with Gasteiger partial charge in [0.15, 0.2) is 5.82 Å². The molecule has 7 heteroatoms. The van der Waals surface area contributed by atoms with Gasteiger partial charge >= 0.3 is 0 Å². The van der Waals surface area contributed by atoms with Gasteiger partial charge in [0.05, 0.1) is 5.75 Å². The van der Waals surface area contributed by atoms with Crippen molar-refractivity contribution >= 4 is 15.8 Å². The van der Waals surface area contributed by atoms with Crippen LogP contribution in [0.1, 0.15) is 12.5 Å². The van der Waals surface area contributed by atoms with Gasteiger partial charge in [0.2, 0.25) is 10.0 Å². The summed E-state index contributed by atoms with van der Waals surface area (Å²) in [6.45, 7) is 1.82. The molecule has 80 valence electrons. The maximum atomic E-state index is 11.2. The molecule has 6 nitrogen and oxygen atoms in total. The summed E-state index contributed by atoms with van der Waals surface area (Å²) >= 11 is 0. The maximum Gasteiger partial charge on any atom is 0.233 e. The second kappa shape index (κ2) is 3.97. The van der Waals surface area contributed by atoms with E-state index >= 15 is 0 Å². The van der Waals surface area contributed by atoms with Crippen LogP contribution in [-0.4, -0.2) is 24.0 Å². The summed E-state index contributed by atoms with van der Waals surface area (Å²) in [7, 11) is -1.56. The van der Waals surface area contributed by atoms with Crippen LogP contribution >= 0.6 is 0 Å². The highest BCUT2D eigenvalue weighted by molar-refractivity contribution is 7.92. The summed E-state index contributed by atoms with van der Waals surface area (Å²) in [6.07, 6.45) is 1.69. The van der Waals surface area contributed by atoms with Crippen LogP contribution in [0.5, 0.6) is 0 Å². The minimum atomic E-state index is -3.27. The fourth-order valence-electron chi connectivity index (χ4n) is 0.992. The number of hydrogen-bond acceptors (Lipinski definition) is 4. The molecule has 1 heterocycles. The fraction of sp³-hybridized carbons (Fsp3) is 0.571. The number of hydrogen-bond donors (Lipinski definition) is 2. The van der Waals surface area contributed by atoms with Crippen molar-refractivity contribution in [2.45, 2.75) is 13.5 Å². The summed E-state index contributed by atoms with van der Waals surface area (Å²) in [5.74, 6) is 0.338. The molecule has 0 aliphatic heterocycles. The monoisotopic (exact) mass is 218 g/mol. The van der Waals surface area contributed by atoms with Crippen molar-refractivity contribution in [1.29, 1.82) is 0 Å². The lowest BCUT2D eigenvalue weighted by molar-refractivity contribution is 0.602. The van der Waals surface area contributed by atoms with E-state index in [2.05, 4.69) is 9.82 Å². The number of anilines is 1. The average Bonchev–Trinajstić information content (AvgIpc) is 2.45. The zero-order chi connectivity index (χ0) is 10.8. The number of rotatable bonds is 4. The SMILES string of the molecule is CCS(=O)(=O)Nc1nn(C)cc1CN. The quantitative estimate of drug-likeness (QED) is 0.722. The third kappa shape index (κ3) is 2.46. The molecule has 0 spiro atoms. The number of nitrogens with one attached hydrogen (secondary N) is 1. The van der Waals surface area contributed by atoms with Gasteiger partial charge in [-0.2, -0.15) is 5.10 Å². The Labute approximate surface area is 83.1 Å². The summed E-state index contributed by atoms with van der Waals surface area (Å²) in [4.78, 5) is 0. The van der Waals surface area contributed by atoms with Crippen molar-refractivity contribution in [1.82, 2.24) is 9.78 Å². The largest absolute Gasteiger partial charge is 0.326 e. The summed E-state index contributed by atoms with van der Waals surface area (Å²) < 4.78 is 26.4. The van der Waals surface area contributed by atoms with Crippen molar-refractivity contribution in [2.24, 2.45) is 12.8 Å². The van der Waals surface area contributed by atoms with Crippen LogP contribution in [0.15, 0.2) is 6.20 Å². The minimum absolute atomic E-state index is 0.0214. The first kappa shape index (κ1) is 11.0. The predicted octanol–water partition coefficient (Wildman–Crippen LogP) is -0.360. The first-order chi connectivity index (χ1) is 6.48. The van der Waals surface area contributed by atoms with Crippen molar-refractivity contribution in [3.05, 3.63) is 11.8 Å². The molecule has 0 atom stereocenters. The van der Waals surface area contributed by atoms with Crippen molar-refractivity contribution in [3.8, 4) is 0 Å². The van der Waals surface area contributed by atoms with Crippen LogP contribution in [0.3, 0.4) is 0 Å². The topological polar surface area (TPSA) is 90.0 Å². The van der Waals surface area contributed by atoms with Gasteiger partial charge in [-0.25, -0.2) is 8.42 Å². The van der Waals surface area contributed by atoms with Gasteiger partial charge in [0.1, 0.15) is 0 Å². The second-order valence-electron chi connectivity index (χ2n) is 2.89. The number of aromatic nitrogens is 2. The van der Waals surface area contributed by atoms with Gasteiger partial charge in [-0.1, -0.05) is 0 Å². The average molecular weight is 218 g/mol. The molecule has 0 aromatic carbocycles. The molecule has 0 saturated carbocycles. The molecule has 3 N–H and O–H groups in total. The normalized spacial score (nSPS) is 11.6. The maximum absolute atomic E-state index is 11.2. The van der Waals surface area contributed by atoms with Crippen molar-refractivity contribution in [2.75, 3.05) is 10.5 Å². The van der Waals surface area contributed by atoms with E-state index in [1.165, 1.54) is 4.68 Å². The molecule has 0 aliphatic rings. The van der Waals surface area contributed by atoms with E-state index in [4.69, 9.17) is 5.73 Å². The Bertz CT molecular complexity index is 409. The number of sulfonamides is 1. The zero-order valence-corrected chi connectivity index (χ0v) is 9.00. The van der Waals surface area contributed by atoms with Crippen LogP contribution in [0.25, 0.3) is 0 Å². The molecule has 0 unspecified atom stereocenters. The van der Waals surface area contributed by atoms with Gasteiger partial charge in [0, 0.05) is 25.4 Å².